The molecule has 1 aliphatic carbocycles. The van der Waals surface area contributed by atoms with Crippen molar-refractivity contribution in [3.05, 3.63) is 24.2 Å². The van der Waals surface area contributed by atoms with Crippen LogP contribution in [0.1, 0.15) is 37.9 Å². The van der Waals surface area contributed by atoms with Gasteiger partial charge in [-0.1, -0.05) is 18.0 Å². The highest BCUT2D eigenvalue weighted by molar-refractivity contribution is 5.94. The number of amides is 1. The van der Waals surface area contributed by atoms with Crippen LogP contribution in [0.4, 0.5) is 0 Å². The maximum atomic E-state index is 12.0. The Morgan fingerprint density at radius 3 is 2.84 bits per heavy atom. The highest BCUT2D eigenvalue weighted by atomic mass is 16.4. The van der Waals surface area contributed by atoms with Crippen LogP contribution in [0.2, 0.25) is 0 Å². The SMILES string of the molecule is N/C(=N/O)C1(NC(=O)CCc2ccco2)CCCC1. The van der Waals surface area contributed by atoms with Crippen molar-refractivity contribution in [1.82, 2.24) is 5.32 Å². The number of nitrogens with zero attached hydrogens (tertiary/aromatic N) is 1. The summed E-state index contributed by atoms with van der Waals surface area (Å²) in [5.41, 5.74) is 5.05. The number of aryl methyl sites for hydroxylation is 1. The van der Waals surface area contributed by atoms with Gasteiger partial charge in [-0.05, 0) is 25.0 Å². The predicted octanol–water partition coefficient (Wildman–Crippen LogP) is 1.39. The van der Waals surface area contributed by atoms with E-state index in [1.807, 2.05) is 6.07 Å². The summed E-state index contributed by atoms with van der Waals surface area (Å²) < 4.78 is 5.18. The van der Waals surface area contributed by atoms with Crippen molar-refractivity contribution >= 4 is 11.7 Å². The monoisotopic (exact) mass is 265 g/mol. The quantitative estimate of drug-likeness (QED) is 0.324. The molecule has 1 saturated carbocycles. The van der Waals surface area contributed by atoms with E-state index >= 15 is 0 Å². The fourth-order valence-corrected chi connectivity index (χ4v) is 2.54. The number of rotatable bonds is 5. The zero-order chi connectivity index (χ0) is 13.7. The lowest BCUT2D eigenvalue weighted by atomic mass is 9.95. The van der Waals surface area contributed by atoms with E-state index in [1.54, 1.807) is 12.3 Å². The van der Waals surface area contributed by atoms with Crippen LogP contribution in [0.15, 0.2) is 28.0 Å². The van der Waals surface area contributed by atoms with Gasteiger partial charge in [0, 0.05) is 12.8 Å². The molecule has 0 aliphatic heterocycles. The molecular formula is C13H19N3O3. The summed E-state index contributed by atoms with van der Waals surface area (Å²) in [6, 6.07) is 3.63. The van der Waals surface area contributed by atoms with Crippen molar-refractivity contribution < 1.29 is 14.4 Å². The van der Waals surface area contributed by atoms with Crippen LogP contribution in [0.25, 0.3) is 0 Å². The molecule has 1 heterocycles. The van der Waals surface area contributed by atoms with Gasteiger partial charge in [0.25, 0.3) is 0 Å². The van der Waals surface area contributed by atoms with Crippen molar-refractivity contribution in [1.29, 1.82) is 0 Å². The van der Waals surface area contributed by atoms with E-state index in [0.717, 1.165) is 31.4 Å². The molecule has 1 aromatic rings. The number of hydrogen-bond donors (Lipinski definition) is 3. The molecule has 0 aromatic carbocycles. The molecule has 104 valence electrons. The fourth-order valence-electron chi connectivity index (χ4n) is 2.54. The van der Waals surface area contributed by atoms with Crippen molar-refractivity contribution in [2.45, 2.75) is 44.1 Å². The normalized spacial score (nSPS) is 18.4. The van der Waals surface area contributed by atoms with Gasteiger partial charge in [-0.2, -0.15) is 0 Å². The summed E-state index contributed by atoms with van der Waals surface area (Å²) in [5, 5.41) is 14.8. The van der Waals surface area contributed by atoms with Crippen LogP contribution in [-0.2, 0) is 11.2 Å². The molecule has 0 spiro atoms. The first-order chi connectivity index (χ1) is 9.16. The number of oxime groups is 1. The predicted molar refractivity (Wildman–Crippen MR) is 69.8 cm³/mol. The molecular weight excluding hydrogens is 246 g/mol. The van der Waals surface area contributed by atoms with Gasteiger partial charge in [0.05, 0.1) is 6.26 Å². The fraction of sp³-hybridized carbons (Fsp3) is 0.538. The molecule has 4 N–H and O–H groups in total. The molecule has 19 heavy (non-hydrogen) atoms. The van der Waals surface area contributed by atoms with E-state index in [9.17, 15) is 4.79 Å². The summed E-state index contributed by atoms with van der Waals surface area (Å²) in [7, 11) is 0. The second-order valence-corrected chi connectivity index (χ2v) is 4.90. The second-order valence-electron chi connectivity index (χ2n) is 4.90. The molecule has 0 atom stereocenters. The van der Waals surface area contributed by atoms with Crippen LogP contribution in [-0.4, -0.2) is 22.5 Å². The van der Waals surface area contributed by atoms with E-state index < -0.39 is 5.54 Å². The Morgan fingerprint density at radius 2 is 2.26 bits per heavy atom. The molecule has 6 heteroatoms. The second kappa shape index (κ2) is 5.77. The number of nitrogens with one attached hydrogen (secondary N) is 1. The van der Waals surface area contributed by atoms with Gasteiger partial charge >= 0.3 is 0 Å². The molecule has 1 fully saturated rings. The Kier molecular flexibility index (Phi) is 4.09. The number of hydrogen-bond acceptors (Lipinski definition) is 4. The van der Waals surface area contributed by atoms with Crippen LogP contribution >= 0.6 is 0 Å². The Balaban J connectivity index is 1.92. The minimum absolute atomic E-state index is 0.0938. The number of carbonyl (C=O) groups excluding carboxylic acids is 1. The smallest absolute Gasteiger partial charge is 0.221 e. The highest BCUT2D eigenvalue weighted by Gasteiger charge is 2.39. The largest absolute Gasteiger partial charge is 0.469 e. The summed E-state index contributed by atoms with van der Waals surface area (Å²) in [4.78, 5) is 12.0. The molecule has 0 unspecified atom stereocenters. The van der Waals surface area contributed by atoms with Crippen LogP contribution in [0, 0.1) is 0 Å². The van der Waals surface area contributed by atoms with E-state index in [0.29, 0.717) is 12.8 Å². The first kappa shape index (κ1) is 13.5. The third kappa shape index (κ3) is 3.07. The first-order valence-corrected chi connectivity index (χ1v) is 6.48. The van der Waals surface area contributed by atoms with Gasteiger partial charge in [-0.25, -0.2) is 0 Å². The third-order valence-electron chi connectivity index (χ3n) is 3.61. The van der Waals surface area contributed by atoms with E-state index in [1.165, 1.54) is 0 Å². The topological polar surface area (TPSA) is 101 Å². The van der Waals surface area contributed by atoms with Crippen molar-refractivity contribution in [2.75, 3.05) is 0 Å². The van der Waals surface area contributed by atoms with Crippen LogP contribution in [0.5, 0.6) is 0 Å². The summed E-state index contributed by atoms with van der Waals surface area (Å²) in [5.74, 6) is 0.765. The Morgan fingerprint density at radius 1 is 1.53 bits per heavy atom. The number of furan rings is 1. The highest BCUT2D eigenvalue weighted by Crippen LogP contribution is 2.30. The molecule has 6 nitrogen and oxygen atoms in total. The first-order valence-electron chi connectivity index (χ1n) is 6.48. The third-order valence-corrected chi connectivity index (χ3v) is 3.61. The van der Waals surface area contributed by atoms with Crippen molar-refractivity contribution in [2.24, 2.45) is 10.9 Å². The molecule has 1 aromatic heterocycles. The van der Waals surface area contributed by atoms with Crippen molar-refractivity contribution in [3.63, 3.8) is 0 Å². The van der Waals surface area contributed by atoms with Gasteiger partial charge < -0.3 is 20.7 Å². The lowest BCUT2D eigenvalue weighted by Crippen LogP contribution is -2.55. The maximum absolute atomic E-state index is 12.0. The molecule has 0 bridgehead atoms. The molecule has 1 amide bonds. The molecule has 0 radical (unpaired) electrons. The zero-order valence-electron chi connectivity index (χ0n) is 10.8. The molecule has 2 rings (SSSR count). The zero-order valence-corrected chi connectivity index (χ0v) is 10.8. The lowest BCUT2D eigenvalue weighted by molar-refractivity contribution is -0.122. The number of amidine groups is 1. The summed E-state index contributed by atoms with van der Waals surface area (Å²) in [6.45, 7) is 0. The standard InChI is InChI=1S/C13H19N3O3/c14-12(16-18)13(7-1-2-8-13)15-11(17)6-5-10-4-3-9-19-10/h3-4,9,18H,1-2,5-8H2,(H2,14,16)(H,15,17). The number of carbonyl (C=O) groups is 1. The van der Waals surface area contributed by atoms with E-state index in [2.05, 4.69) is 10.5 Å². The van der Waals surface area contributed by atoms with Gasteiger partial charge in [-0.15, -0.1) is 0 Å². The van der Waals surface area contributed by atoms with Gasteiger partial charge in [0.1, 0.15) is 11.3 Å². The summed E-state index contributed by atoms with van der Waals surface area (Å²) in [6.07, 6.45) is 5.83. The van der Waals surface area contributed by atoms with Gasteiger partial charge in [-0.3, -0.25) is 4.79 Å². The van der Waals surface area contributed by atoms with Crippen LogP contribution in [0.3, 0.4) is 0 Å². The Hall–Kier alpha value is -1.98. The molecule has 1 aliphatic rings. The molecule has 0 saturated heterocycles. The Labute approximate surface area is 111 Å². The minimum Gasteiger partial charge on any atom is -0.469 e. The lowest BCUT2D eigenvalue weighted by Gasteiger charge is -2.28. The number of nitrogens with two attached hydrogens (primary N) is 1. The van der Waals surface area contributed by atoms with Gasteiger partial charge in [0.2, 0.25) is 5.91 Å². The van der Waals surface area contributed by atoms with E-state index in [4.69, 9.17) is 15.4 Å². The van der Waals surface area contributed by atoms with Crippen molar-refractivity contribution in [3.8, 4) is 0 Å². The summed E-state index contributed by atoms with van der Waals surface area (Å²) >= 11 is 0. The van der Waals surface area contributed by atoms with Gasteiger partial charge in [0.15, 0.2) is 5.84 Å². The average Bonchev–Trinajstić information content (AvgIpc) is 3.07. The van der Waals surface area contributed by atoms with E-state index in [-0.39, 0.29) is 11.7 Å². The minimum atomic E-state index is -0.672. The van der Waals surface area contributed by atoms with Crippen LogP contribution < -0.4 is 11.1 Å². The maximum Gasteiger partial charge on any atom is 0.221 e. The average molecular weight is 265 g/mol. The Bertz CT molecular complexity index is 448.